The van der Waals surface area contributed by atoms with Gasteiger partial charge in [-0.05, 0) is 93.0 Å². The molecule has 31 heavy (non-hydrogen) atoms. The Hall–Kier alpha value is -0.312. The minimum absolute atomic E-state index is 0.173. The van der Waals surface area contributed by atoms with Crippen LogP contribution in [0.4, 0.5) is 0 Å². The normalized spacial score (nSPS) is 14.5. The van der Waals surface area contributed by atoms with Gasteiger partial charge in [0.25, 0.3) is 0 Å². The summed E-state index contributed by atoms with van der Waals surface area (Å²) in [7, 11) is -8.85. The van der Waals surface area contributed by atoms with E-state index in [4.69, 9.17) is 17.1 Å². The number of ether oxygens (including phenoxy) is 1. The largest absolute Gasteiger partial charge is 0.481 e. The zero-order chi connectivity index (χ0) is 25.1. The van der Waals surface area contributed by atoms with E-state index in [2.05, 4.69) is 58.9 Å². The molecule has 0 aromatic rings. The summed E-state index contributed by atoms with van der Waals surface area (Å²) in [5, 5.41) is 9.49. The van der Waals surface area contributed by atoms with Crippen molar-refractivity contribution >= 4 is 45.7 Å². The summed E-state index contributed by atoms with van der Waals surface area (Å²) in [5.41, 5.74) is -2.41. The smallest absolute Gasteiger partial charge is 0.469 e. The fraction of sp³-hybridized carbons (Fsp3) is 0.900. The van der Waals surface area contributed by atoms with Crippen molar-refractivity contribution in [3.05, 3.63) is 0 Å². The highest BCUT2D eigenvalue weighted by Gasteiger charge is 2.51. The molecule has 0 saturated carbocycles. The lowest BCUT2D eigenvalue weighted by Crippen LogP contribution is -2.60. The molecule has 1 N–H and O–H groups in total. The highest BCUT2D eigenvalue weighted by molar-refractivity contribution is 6.90. The Morgan fingerprint density at radius 1 is 0.710 bits per heavy atom. The summed E-state index contributed by atoms with van der Waals surface area (Å²) < 4.78 is 25.4. The minimum Gasteiger partial charge on any atom is -0.481 e. The number of carbonyl (C=O) groups excluding carboxylic acids is 1. The average molecular weight is 511 g/mol. The van der Waals surface area contributed by atoms with Crippen molar-refractivity contribution in [1.82, 2.24) is 0 Å². The highest BCUT2D eigenvalue weighted by atomic mass is 28.5. The van der Waals surface area contributed by atoms with E-state index in [1.165, 1.54) is 0 Å². The standard InChI is InChI=1S/C20H46O7Si4/c1-19(2,17(21)22)20(3,4)18(23)24-15-14-16-31(25-28(5,6)7,26-29(8,9)10)27-30(11,12)13/h14-16H2,1-13H3,(H,21,22). The second kappa shape index (κ2) is 10.3. The van der Waals surface area contributed by atoms with Gasteiger partial charge in [-0.1, -0.05) is 0 Å². The van der Waals surface area contributed by atoms with Crippen molar-refractivity contribution in [1.29, 1.82) is 0 Å². The van der Waals surface area contributed by atoms with Gasteiger partial charge in [-0.25, -0.2) is 0 Å². The third kappa shape index (κ3) is 10.4. The van der Waals surface area contributed by atoms with Crippen molar-refractivity contribution in [3.8, 4) is 0 Å². The number of esters is 1. The Labute approximate surface area is 194 Å². The summed E-state index contributed by atoms with van der Waals surface area (Å²) in [4.78, 5) is 24.3. The van der Waals surface area contributed by atoms with Crippen LogP contribution in [-0.4, -0.2) is 57.4 Å². The van der Waals surface area contributed by atoms with Crippen LogP contribution in [0.1, 0.15) is 34.1 Å². The van der Waals surface area contributed by atoms with Crippen LogP contribution in [0.25, 0.3) is 0 Å². The van der Waals surface area contributed by atoms with Gasteiger partial charge in [-0.3, -0.25) is 9.59 Å². The first-order chi connectivity index (χ1) is 13.4. The first-order valence-corrected chi connectivity index (χ1v) is 23.1. The van der Waals surface area contributed by atoms with E-state index in [0.717, 1.165) is 0 Å². The second-order valence-electron chi connectivity index (χ2n) is 12.1. The molecule has 0 amide bonds. The summed E-state index contributed by atoms with van der Waals surface area (Å²) in [5.74, 6) is -1.55. The van der Waals surface area contributed by atoms with Crippen molar-refractivity contribution < 1.29 is 31.8 Å². The molecule has 184 valence electrons. The Balaban J connectivity index is 5.47. The van der Waals surface area contributed by atoms with Gasteiger partial charge in [0.05, 0.1) is 17.4 Å². The lowest BCUT2D eigenvalue weighted by atomic mass is 9.68. The van der Waals surface area contributed by atoms with Crippen LogP contribution in [-0.2, 0) is 26.7 Å². The number of hydrogen-bond donors (Lipinski definition) is 1. The highest BCUT2D eigenvalue weighted by Crippen LogP contribution is 2.40. The molecule has 11 heteroatoms. The average Bonchev–Trinajstić information content (AvgIpc) is 2.45. The molecule has 0 unspecified atom stereocenters. The number of carbonyl (C=O) groups is 2. The number of carboxylic acids is 1. The summed E-state index contributed by atoms with van der Waals surface area (Å²) in [6.45, 7) is 25.7. The minimum atomic E-state index is -2.97. The fourth-order valence-electron chi connectivity index (χ4n) is 2.77. The van der Waals surface area contributed by atoms with E-state index < -0.39 is 56.5 Å². The zero-order valence-electron chi connectivity index (χ0n) is 22.0. The molecule has 7 nitrogen and oxygen atoms in total. The maximum atomic E-state index is 12.7. The van der Waals surface area contributed by atoms with Gasteiger partial charge >= 0.3 is 20.7 Å². The van der Waals surface area contributed by atoms with E-state index in [0.29, 0.717) is 12.5 Å². The van der Waals surface area contributed by atoms with E-state index in [1.807, 2.05) is 0 Å². The van der Waals surface area contributed by atoms with Gasteiger partial charge in [0.2, 0.25) is 0 Å². The number of rotatable bonds is 13. The van der Waals surface area contributed by atoms with Crippen LogP contribution in [0.5, 0.6) is 0 Å². The molecule has 0 atom stereocenters. The van der Waals surface area contributed by atoms with Gasteiger partial charge in [0.15, 0.2) is 25.0 Å². The van der Waals surface area contributed by atoms with Crippen molar-refractivity contribution in [2.24, 2.45) is 10.8 Å². The molecule has 0 bridgehead atoms. The Morgan fingerprint density at radius 3 is 1.35 bits per heavy atom. The van der Waals surface area contributed by atoms with Crippen LogP contribution >= 0.6 is 0 Å². The summed E-state index contributed by atoms with van der Waals surface area (Å²) >= 11 is 0. The lowest BCUT2D eigenvalue weighted by molar-refractivity contribution is -0.172. The molecule has 0 heterocycles. The van der Waals surface area contributed by atoms with Gasteiger partial charge < -0.3 is 22.2 Å². The third-order valence-electron chi connectivity index (χ3n) is 4.85. The second-order valence-corrected chi connectivity index (χ2v) is 29.1. The molecule has 0 spiro atoms. The van der Waals surface area contributed by atoms with Crippen LogP contribution in [0, 0.1) is 10.8 Å². The summed E-state index contributed by atoms with van der Waals surface area (Å²) in [6.07, 6.45) is 0.543. The molecule has 0 aliphatic rings. The van der Waals surface area contributed by atoms with E-state index >= 15 is 0 Å². The Bertz CT molecular complexity index is 588. The lowest BCUT2D eigenvalue weighted by Gasteiger charge is -2.43. The molecule has 0 rings (SSSR count). The Kier molecular flexibility index (Phi) is 10.2. The fourth-order valence-corrected chi connectivity index (χ4v) is 17.4. The van der Waals surface area contributed by atoms with Gasteiger partial charge in [-0.2, -0.15) is 0 Å². The first-order valence-electron chi connectivity index (χ1n) is 11.0. The number of aliphatic carboxylic acids is 1. The molecule has 0 aliphatic carbocycles. The van der Waals surface area contributed by atoms with Crippen molar-refractivity contribution in [2.45, 2.75) is 99.1 Å². The number of carboxylic acid groups (broad SMARTS) is 1. The van der Waals surface area contributed by atoms with E-state index in [-0.39, 0.29) is 6.61 Å². The molecule has 0 aromatic heterocycles. The molecule has 0 aromatic carbocycles. The SMILES string of the molecule is CC(C)(C(=O)O)C(C)(C)C(=O)OCCC[Si](O[Si](C)(C)C)(O[Si](C)(C)C)O[Si](C)(C)C. The maximum absolute atomic E-state index is 12.7. The Morgan fingerprint density at radius 2 is 1.06 bits per heavy atom. The molecular weight excluding hydrogens is 465 g/mol. The summed E-state index contributed by atoms with van der Waals surface area (Å²) in [6, 6.07) is 0.571. The van der Waals surface area contributed by atoms with Gasteiger partial charge in [-0.15, -0.1) is 0 Å². The molecular formula is C20H46O7Si4. The predicted molar refractivity (Wildman–Crippen MR) is 135 cm³/mol. The van der Waals surface area contributed by atoms with Crippen LogP contribution < -0.4 is 0 Å². The monoisotopic (exact) mass is 510 g/mol. The number of hydrogen-bond acceptors (Lipinski definition) is 6. The quantitative estimate of drug-likeness (QED) is 0.197. The third-order valence-corrected chi connectivity index (χ3v) is 16.9. The van der Waals surface area contributed by atoms with Crippen molar-refractivity contribution in [3.63, 3.8) is 0 Å². The van der Waals surface area contributed by atoms with Gasteiger partial charge in [0.1, 0.15) is 0 Å². The van der Waals surface area contributed by atoms with Crippen LogP contribution in [0.3, 0.4) is 0 Å². The molecule has 0 aliphatic heterocycles. The van der Waals surface area contributed by atoms with E-state index in [1.54, 1.807) is 27.7 Å². The first kappa shape index (κ1) is 30.7. The van der Waals surface area contributed by atoms with Crippen LogP contribution in [0.15, 0.2) is 0 Å². The molecule has 0 saturated heterocycles. The molecule has 0 fully saturated rings. The maximum Gasteiger partial charge on any atom is 0.469 e. The van der Waals surface area contributed by atoms with Crippen molar-refractivity contribution in [2.75, 3.05) is 6.61 Å². The topological polar surface area (TPSA) is 91.3 Å². The zero-order valence-corrected chi connectivity index (χ0v) is 26.0. The van der Waals surface area contributed by atoms with Crippen LogP contribution in [0.2, 0.25) is 65.0 Å². The van der Waals surface area contributed by atoms with Gasteiger partial charge in [0, 0.05) is 6.04 Å². The predicted octanol–water partition coefficient (Wildman–Crippen LogP) is 5.55. The van der Waals surface area contributed by atoms with E-state index in [9.17, 15) is 14.7 Å². The molecule has 0 radical (unpaired) electrons.